The fraction of sp³-hybridized carbons (Fsp3) is 0.810. The first-order valence-electron chi connectivity index (χ1n) is 21.0. The monoisotopic (exact) mass is 721 g/mol. The van der Waals surface area contributed by atoms with Crippen LogP contribution in [0.2, 0.25) is 0 Å². The summed E-state index contributed by atoms with van der Waals surface area (Å²) in [7, 11) is -4.54. The van der Waals surface area contributed by atoms with E-state index in [0.29, 0.717) is 12.1 Å². The third kappa shape index (κ3) is 26.8. The van der Waals surface area contributed by atoms with E-state index in [2.05, 4.69) is 24.5 Å². The highest BCUT2D eigenvalue weighted by Gasteiger charge is 2.18. The molecule has 0 fully saturated rings. The lowest BCUT2D eigenvalue weighted by Crippen LogP contribution is -2.16. The molecule has 8 heteroatoms. The molecule has 0 unspecified atom stereocenters. The van der Waals surface area contributed by atoms with Crippen LogP contribution < -0.4 is 10.6 Å². The first-order chi connectivity index (χ1) is 24.3. The van der Waals surface area contributed by atoms with Crippen molar-refractivity contribution in [1.82, 2.24) is 0 Å². The van der Waals surface area contributed by atoms with Gasteiger partial charge in [-0.3, -0.25) is 14.1 Å². The fourth-order valence-corrected chi connectivity index (χ4v) is 7.31. The molecule has 2 amide bonds. The third-order valence-electron chi connectivity index (χ3n) is 9.83. The molecule has 0 saturated heterocycles. The van der Waals surface area contributed by atoms with Crippen LogP contribution in [-0.2, 0) is 19.7 Å². The van der Waals surface area contributed by atoms with Crippen molar-refractivity contribution in [2.24, 2.45) is 0 Å². The van der Waals surface area contributed by atoms with E-state index >= 15 is 0 Å². The Kier molecular flexibility index (Phi) is 29.3. The van der Waals surface area contributed by atoms with Gasteiger partial charge in [0.25, 0.3) is 10.1 Å². The van der Waals surface area contributed by atoms with Gasteiger partial charge in [-0.1, -0.05) is 194 Å². The third-order valence-corrected chi connectivity index (χ3v) is 10.7. The van der Waals surface area contributed by atoms with Gasteiger partial charge in [0.1, 0.15) is 4.90 Å². The van der Waals surface area contributed by atoms with E-state index in [9.17, 15) is 22.6 Å². The normalized spacial score (nSPS) is 11.6. The van der Waals surface area contributed by atoms with Crippen LogP contribution in [-0.4, -0.2) is 24.8 Å². The van der Waals surface area contributed by atoms with E-state index < -0.39 is 10.1 Å². The quantitative estimate of drug-likeness (QED) is 0.0477. The van der Waals surface area contributed by atoms with Crippen molar-refractivity contribution in [3.8, 4) is 0 Å². The standard InChI is InChI=1S/C42H76N2O5S/c1-3-5-7-9-11-13-15-17-19-21-23-25-27-29-31-33-41(45)43-38-35-36-40(50(47,48)49)39(37-38)44-42(46)34-32-30-28-26-24-22-20-18-16-14-12-10-8-6-4-2/h35-37H,3-34H2,1-2H3,(H,43,45)(H,44,46)(H,47,48,49). The van der Waals surface area contributed by atoms with Crippen LogP contribution in [0.25, 0.3) is 0 Å². The Labute approximate surface area is 308 Å². The zero-order chi connectivity index (χ0) is 36.5. The molecule has 0 heterocycles. The number of carbonyl (C=O) groups is 2. The molecule has 0 aliphatic rings. The van der Waals surface area contributed by atoms with Crippen LogP contribution in [0.4, 0.5) is 11.4 Å². The van der Waals surface area contributed by atoms with E-state index in [4.69, 9.17) is 0 Å². The van der Waals surface area contributed by atoms with Crippen molar-refractivity contribution < 1.29 is 22.6 Å². The number of hydrogen-bond donors (Lipinski definition) is 3. The Bertz CT molecular complexity index is 1090. The Morgan fingerprint density at radius 3 is 1.10 bits per heavy atom. The molecule has 3 N–H and O–H groups in total. The number of rotatable bonds is 35. The van der Waals surface area contributed by atoms with Crippen LogP contribution in [0.5, 0.6) is 0 Å². The molecule has 50 heavy (non-hydrogen) atoms. The summed E-state index contributed by atoms with van der Waals surface area (Å²) in [5.41, 5.74) is 0.383. The van der Waals surface area contributed by atoms with Gasteiger partial charge in [-0.25, -0.2) is 0 Å². The summed E-state index contributed by atoms with van der Waals surface area (Å²) in [6.45, 7) is 4.52. The van der Waals surface area contributed by atoms with Crippen LogP contribution in [0.1, 0.15) is 219 Å². The highest BCUT2D eigenvalue weighted by molar-refractivity contribution is 7.86. The average molecular weight is 721 g/mol. The minimum absolute atomic E-state index is 0.0109. The predicted octanol–water partition coefficient (Wildman–Crippen LogP) is 13.3. The summed E-state index contributed by atoms with van der Waals surface area (Å²) in [5.74, 6) is -0.444. The van der Waals surface area contributed by atoms with Crippen molar-refractivity contribution in [3.05, 3.63) is 18.2 Å². The van der Waals surface area contributed by atoms with Crippen molar-refractivity contribution >= 4 is 33.3 Å². The maximum atomic E-state index is 12.7. The summed E-state index contributed by atoms with van der Waals surface area (Å²) >= 11 is 0. The molecule has 0 aromatic heterocycles. The summed E-state index contributed by atoms with van der Waals surface area (Å²) in [5, 5.41) is 5.47. The van der Waals surface area contributed by atoms with Gasteiger partial charge in [0, 0.05) is 18.5 Å². The SMILES string of the molecule is CCCCCCCCCCCCCCCCCC(=O)Nc1ccc(S(=O)(=O)O)c(NC(=O)CCCCCCCCCCCCCCCCC)c1. The van der Waals surface area contributed by atoms with E-state index in [0.717, 1.165) is 38.5 Å². The molecule has 0 saturated carbocycles. The summed E-state index contributed by atoms with van der Waals surface area (Å²) in [6, 6.07) is 4.08. The number of anilines is 2. The number of carbonyl (C=O) groups excluding carboxylic acids is 2. The molecule has 0 spiro atoms. The lowest BCUT2D eigenvalue weighted by molar-refractivity contribution is -0.117. The van der Waals surface area contributed by atoms with Gasteiger partial charge < -0.3 is 10.6 Å². The molecule has 7 nitrogen and oxygen atoms in total. The first-order valence-corrected chi connectivity index (χ1v) is 22.4. The van der Waals surface area contributed by atoms with Gasteiger partial charge >= 0.3 is 0 Å². The Morgan fingerprint density at radius 1 is 0.480 bits per heavy atom. The van der Waals surface area contributed by atoms with E-state index in [1.807, 2.05) is 0 Å². The second-order valence-electron chi connectivity index (χ2n) is 14.7. The fourth-order valence-electron chi connectivity index (χ4n) is 6.68. The number of benzene rings is 1. The zero-order valence-corrected chi connectivity index (χ0v) is 33.2. The Hall–Kier alpha value is -1.93. The summed E-state index contributed by atoms with van der Waals surface area (Å²) in [4.78, 5) is 24.8. The van der Waals surface area contributed by atoms with Gasteiger partial charge in [-0.2, -0.15) is 8.42 Å². The second kappa shape index (κ2) is 31.8. The molecule has 0 radical (unpaired) electrons. The minimum Gasteiger partial charge on any atom is -0.326 e. The molecule has 0 bridgehead atoms. The molecule has 1 rings (SSSR count). The van der Waals surface area contributed by atoms with Crippen molar-refractivity contribution in [3.63, 3.8) is 0 Å². The molecule has 290 valence electrons. The lowest BCUT2D eigenvalue weighted by Gasteiger charge is -2.12. The van der Waals surface area contributed by atoms with Crippen molar-refractivity contribution in [2.45, 2.75) is 224 Å². The van der Waals surface area contributed by atoms with Crippen LogP contribution >= 0.6 is 0 Å². The van der Waals surface area contributed by atoms with Gasteiger partial charge in [-0.15, -0.1) is 0 Å². The van der Waals surface area contributed by atoms with Crippen molar-refractivity contribution in [1.29, 1.82) is 0 Å². The molecule has 1 aromatic rings. The molecule has 0 atom stereocenters. The van der Waals surface area contributed by atoms with Gasteiger partial charge in [0.2, 0.25) is 11.8 Å². The number of hydrogen-bond acceptors (Lipinski definition) is 4. The average Bonchev–Trinajstić information content (AvgIpc) is 3.07. The largest absolute Gasteiger partial charge is 0.326 e. The number of amides is 2. The van der Waals surface area contributed by atoms with E-state index in [1.54, 1.807) is 0 Å². The zero-order valence-electron chi connectivity index (χ0n) is 32.3. The van der Waals surface area contributed by atoms with Crippen LogP contribution in [0.3, 0.4) is 0 Å². The minimum atomic E-state index is -4.54. The number of unbranched alkanes of at least 4 members (excludes halogenated alkanes) is 28. The summed E-state index contributed by atoms with van der Waals surface area (Å²) < 4.78 is 33.6. The molecule has 0 aliphatic heterocycles. The first kappa shape index (κ1) is 46.1. The van der Waals surface area contributed by atoms with Crippen LogP contribution in [0.15, 0.2) is 23.1 Å². The molecule has 0 aliphatic carbocycles. The number of nitrogens with one attached hydrogen (secondary N) is 2. The van der Waals surface area contributed by atoms with Crippen molar-refractivity contribution in [2.75, 3.05) is 10.6 Å². The highest BCUT2D eigenvalue weighted by Crippen LogP contribution is 2.26. The highest BCUT2D eigenvalue weighted by atomic mass is 32.2. The van der Waals surface area contributed by atoms with Gasteiger partial charge in [-0.05, 0) is 31.0 Å². The van der Waals surface area contributed by atoms with E-state index in [-0.39, 0.29) is 28.8 Å². The topological polar surface area (TPSA) is 113 Å². The maximum Gasteiger partial charge on any atom is 0.296 e. The summed E-state index contributed by atoms with van der Waals surface area (Å²) in [6.07, 6.45) is 38.3. The molecule has 1 aromatic carbocycles. The Morgan fingerprint density at radius 2 is 0.780 bits per heavy atom. The van der Waals surface area contributed by atoms with E-state index in [1.165, 1.54) is 172 Å². The van der Waals surface area contributed by atoms with Crippen LogP contribution in [0, 0.1) is 0 Å². The van der Waals surface area contributed by atoms with Gasteiger partial charge in [0.15, 0.2) is 0 Å². The van der Waals surface area contributed by atoms with Gasteiger partial charge in [0.05, 0.1) is 5.69 Å². The smallest absolute Gasteiger partial charge is 0.296 e. The second-order valence-corrected chi connectivity index (χ2v) is 16.1. The molecular weight excluding hydrogens is 645 g/mol. The maximum absolute atomic E-state index is 12.7. The lowest BCUT2D eigenvalue weighted by atomic mass is 10.0. The molecular formula is C42H76N2O5S. The Balaban J connectivity index is 2.21. The predicted molar refractivity (Wildman–Crippen MR) is 213 cm³/mol.